The minimum absolute atomic E-state index is 0.188. The number of aryl methyl sites for hydroxylation is 1. The number of benzene rings is 1. The van der Waals surface area contributed by atoms with E-state index in [9.17, 15) is 4.79 Å². The lowest BCUT2D eigenvalue weighted by atomic mass is 10.2. The topological polar surface area (TPSA) is 60.5 Å². The number of amides is 1. The van der Waals surface area contributed by atoms with E-state index in [1.807, 2.05) is 30.5 Å². The number of hydrogen-bond acceptors (Lipinski definition) is 5. The first-order valence-electron chi connectivity index (χ1n) is 6.29. The van der Waals surface area contributed by atoms with Crippen LogP contribution in [0.5, 0.6) is 11.5 Å². The molecule has 0 bridgehead atoms. The highest BCUT2D eigenvalue weighted by molar-refractivity contribution is 7.09. The summed E-state index contributed by atoms with van der Waals surface area (Å²) in [6.45, 7) is 2.56. The standard InChI is InChI=1S/C14H14N2O3S/c1-9-8-20-13(16-9)6-15-14(17)12-7-18-10-4-2-3-5-11(10)19-12/h2-5,8,12H,6-7H2,1H3,(H,15,17)/t12-/m0/s1. The molecule has 5 nitrogen and oxygen atoms in total. The lowest BCUT2D eigenvalue weighted by molar-refractivity contribution is -0.130. The first-order chi connectivity index (χ1) is 9.72. The molecule has 0 aliphatic carbocycles. The summed E-state index contributed by atoms with van der Waals surface area (Å²) in [5, 5.41) is 5.66. The van der Waals surface area contributed by atoms with Crippen molar-refractivity contribution in [3.05, 3.63) is 40.3 Å². The number of hydrogen-bond donors (Lipinski definition) is 1. The van der Waals surface area contributed by atoms with Gasteiger partial charge in [0, 0.05) is 11.1 Å². The number of carbonyl (C=O) groups excluding carboxylic acids is 1. The number of fused-ring (bicyclic) bond motifs is 1. The number of para-hydroxylation sites is 2. The second-order valence-corrected chi connectivity index (χ2v) is 5.41. The number of ether oxygens (including phenoxy) is 2. The third-order valence-corrected chi connectivity index (χ3v) is 3.85. The first kappa shape index (κ1) is 12.9. The highest BCUT2D eigenvalue weighted by Gasteiger charge is 2.27. The van der Waals surface area contributed by atoms with Crippen molar-refractivity contribution in [2.75, 3.05) is 6.61 Å². The average Bonchev–Trinajstić information content (AvgIpc) is 2.90. The Hall–Kier alpha value is -2.08. The molecule has 0 radical (unpaired) electrons. The van der Waals surface area contributed by atoms with Crippen molar-refractivity contribution in [1.29, 1.82) is 0 Å². The van der Waals surface area contributed by atoms with Crippen molar-refractivity contribution in [3.63, 3.8) is 0 Å². The molecular formula is C14H14N2O3S. The van der Waals surface area contributed by atoms with Crippen LogP contribution in [-0.4, -0.2) is 23.6 Å². The number of nitrogens with zero attached hydrogens (tertiary/aromatic N) is 1. The molecule has 0 fully saturated rings. The molecule has 1 N–H and O–H groups in total. The van der Waals surface area contributed by atoms with Crippen LogP contribution in [0, 0.1) is 6.92 Å². The summed E-state index contributed by atoms with van der Waals surface area (Å²) in [5.41, 5.74) is 0.963. The van der Waals surface area contributed by atoms with Gasteiger partial charge in [-0.25, -0.2) is 4.98 Å². The predicted octanol–water partition coefficient (Wildman–Crippen LogP) is 1.91. The monoisotopic (exact) mass is 290 g/mol. The number of aromatic nitrogens is 1. The number of carbonyl (C=O) groups is 1. The van der Waals surface area contributed by atoms with Gasteiger partial charge in [-0.2, -0.15) is 0 Å². The summed E-state index contributed by atoms with van der Waals surface area (Å²) in [6.07, 6.45) is -0.619. The minimum Gasteiger partial charge on any atom is -0.485 e. The molecular weight excluding hydrogens is 276 g/mol. The lowest BCUT2D eigenvalue weighted by Crippen LogP contribution is -2.43. The Morgan fingerprint density at radius 2 is 2.25 bits per heavy atom. The molecule has 1 amide bonds. The minimum atomic E-state index is -0.619. The molecule has 2 heterocycles. The zero-order chi connectivity index (χ0) is 13.9. The van der Waals surface area contributed by atoms with Crippen molar-refractivity contribution in [2.24, 2.45) is 0 Å². The van der Waals surface area contributed by atoms with E-state index in [0.29, 0.717) is 18.0 Å². The van der Waals surface area contributed by atoms with E-state index in [-0.39, 0.29) is 12.5 Å². The average molecular weight is 290 g/mol. The van der Waals surface area contributed by atoms with Crippen LogP contribution in [0.1, 0.15) is 10.7 Å². The Kier molecular flexibility index (Phi) is 3.56. The van der Waals surface area contributed by atoms with Gasteiger partial charge < -0.3 is 14.8 Å². The maximum absolute atomic E-state index is 12.0. The molecule has 1 aliphatic rings. The van der Waals surface area contributed by atoms with Crippen molar-refractivity contribution in [3.8, 4) is 11.5 Å². The number of rotatable bonds is 3. The summed E-state index contributed by atoms with van der Waals surface area (Å²) in [4.78, 5) is 16.3. The van der Waals surface area contributed by atoms with Gasteiger partial charge in [-0.15, -0.1) is 11.3 Å². The number of nitrogens with one attached hydrogen (secondary N) is 1. The molecule has 1 aromatic heterocycles. The summed E-state index contributed by atoms with van der Waals surface area (Å²) >= 11 is 1.53. The maximum Gasteiger partial charge on any atom is 0.265 e. The fraction of sp³-hybridized carbons (Fsp3) is 0.286. The van der Waals surface area contributed by atoms with E-state index < -0.39 is 6.10 Å². The van der Waals surface area contributed by atoms with Crippen LogP contribution in [0.3, 0.4) is 0 Å². The van der Waals surface area contributed by atoms with E-state index in [0.717, 1.165) is 10.7 Å². The van der Waals surface area contributed by atoms with Crippen molar-refractivity contribution < 1.29 is 14.3 Å². The van der Waals surface area contributed by atoms with Gasteiger partial charge in [0.15, 0.2) is 11.5 Å². The first-order valence-corrected chi connectivity index (χ1v) is 7.17. The highest BCUT2D eigenvalue weighted by atomic mass is 32.1. The van der Waals surface area contributed by atoms with Crippen molar-refractivity contribution >= 4 is 17.2 Å². The molecule has 104 valence electrons. The third kappa shape index (κ3) is 2.75. The van der Waals surface area contributed by atoms with E-state index in [2.05, 4.69) is 10.3 Å². The van der Waals surface area contributed by atoms with Gasteiger partial charge in [0.1, 0.15) is 11.6 Å². The molecule has 1 atom stereocenters. The van der Waals surface area contributed by atoms with Crippen LogP contribution in [0.25, 0.3) is 0 Å². The molecule has 1 aromatic carbocycles. The van der Waals surface area contributed by atoms with E-state index in [4.69, 9.17) is 9.47 Å². The molecule has 0 saturated carbocycles. The Bertz CT molecular complexity index is 626. The predicted molar refractivity (Wildman–Crippen MR) is 75.1 cm³/mol. The van der Waals surface area contributed by atoms with Crippen LogP contribution in [0.4, 0.5) is 0 Å². The SMILES string of the molecule is Cc1csc(CNC(=O)[C@@H]2COc3ccccc3O2)n1. The van der Waals surface area contributed by atoms with Crippen LogP contribution >= 0.6 is 11.3 Å². The van der Waals surface area contributed by atoms with Crippen LogP contribution < -0.4 is 14.8 Å². The molecule has 0 saturated heterocycles. The van der Waals surface area contributed by atoms with Gasteiger partial charge in [-0.05, 0) is 19.1 Å². The molecule has 3 rings (SSSR count). The van der Waals surface area contributed by atoms with Gasteiger partial charge in [0.2, 0.25) is 6.10 Å². The summed E-state index contributed by atoms with van der Waals surface area (Å²) in [6, 6.07) is 7.33. The lowest BCUT2D eigenvalue weighted by Gasteiger charge is -2.25. The van der Waals surface area contributed by atoms with E-state index in [1.54, 1.807) is 6.07 Å². The Morgan fingerprint density at radius 1 is 1.45 bits per heavy atom. The zero-order valence-electron chi connectivity index (χ0n) is 11.0. The van der Waals surface area contributed by atoms with Crippen molar-refractivity contribution in [1.82, 2.24) is 10.3 Å². The van der Waals surface area contributed by atoms with Gasteiger partial charge in [-0.3, -0.25) is 4.79 Å². The molecule has 6 heteroatoms. The Labute approximate surface area is 120 Å². The second kappa shape index (κ2) is 5.50. The molecule has 0 spiro atoms. The summed E-state index contributed by atoms with van der Waals surface area (Å²) in [7, 11) is 0. The highest BCUT2D eigenvalue weighted by Crippen LogP contribution is 2.30. The van der Waals surface area contributed by atoms with Crippen molar-refractivity contribution in [2.45, 2.75) is 19.6 Å². The molecule has 2 aromatic rings. The zero-order valence-corrected chi connectivity index (χ0v) is 11.8. The summed E-state index contributed by atoms with van der Waals surface area (Å²) < 4.78 is 11.1. The van der Waals surface area contributed by atoms with Gasteiger partial charge >= 0.3 is 0 Å². The van der Waals surface area contributed by atoms with Gasteiger partial charge in [0.05, 0.1) is 6.54 Å². The Morgan fingerprint density at radius 3 is 3.00 bits per heavy atom. The fourth-order valence-electron chi connectivity index (χ4n) is 1.91. The smallest absolute Gasteiger partial charge is 0.265 e. The Balaban J connectivity index is 1.59. The largest absolute Gasteiger partial charge is 0.485 e. The van der Waals surface area contributed by atoms with E-state index in [1.165, 1.54) is 11.3 Å². The fourth-order valence-corrected chi connectivity index (χ4v) is 2.62. The van der Waals surface area contributed by atoms with Crippen LogP contribution in [0.2, 0.25) is 0 Å². The summed E-state index contributed by atoms with van der Waals surface area (Å²) in [5.74, 6) is 1.09. The normalized spacial score (nSPS) is 16.8. The van der Waals surface area contributed by atoms with E-state index >= 15 is 0 Å². The third-order valence-electron chi connectivity index (χ3n) is 2.88. The van der Waals surface area contributed by atoms with Gasteiger partial charge in [-0.1, -0.05) is 12.1 Å². The maximum atomic E-state index is 12.0. The quantitative estimate of drug-likeness (QED) is 0.938. The van der Waals surface area contributed by atoms with Gasteiger partial charge in [0.25, 0.3) is 5.91 Å². The molecule has 1 aliphatic heterocycles. The molecule has 0 unspecified atom stereocenters. The second-order valence-electron chi connectivity index (χ2n) is 4.46. The molecule has 20 heavy (non-hydrogen) atoms. The number of thiazole rings is 1. The van der Waals surface area contributed by atoms with Crippen LogP contribution in [-0.2, 0) is 11.3 Å². The van der Waals surface area contributed by atoms with Crippen LogP contribution in [0.15, 0.2) is 29.6 Å².